The van der Waals surface area contributed by atoms with E-state index >= 15 is 0 Å². The lowest BCUT2D eigenvalue weighted by Gasteiger charge is -2.39. The van der Waals surface area contributed by atoms with Crippen molar-refractivity contribution in [2.45, 2.75) is 33.6 Å². The molecule has 0 saturated heterocycles. The summed E-state index contributed by atoms with van der Waals surface area (Å²) in [6, 6.07) is 20.2. The minimum absolute atomic E-state index is 0.191. The van der Waals surface area contributed by atoms with Gasteiger partial charge in [-0.15, -0.1) is 0 Å². The number of carbonyl (C=O) groups is 3. The number of amides is 2. The van der Waals surface area contributed by atoms with Crippen LogP contribution in [0, 0.1) is 29.9 Å². The molecule has 0 aromatic heterocycles. The zero-order chi connectivity index (χ0) is 26.9. The Morgan fingerprint density at radius 3 is 2.08 bits per heavy atom. The predicted molar refractivity (Wildman–Crippen MR) is 141 cm³/mol. The Labute approximate surface area is 214 Å². The van der Waals surface area contributed by atoms with Crippen LogP contribution in [0.1, 0.15) is 36.5 Å². The van der Waals surface area contributed by atoms with E-state index in [2.05, 4.69) is 5.32 Å². The number of benzene rings is 3. The Morgan fingerprint density at radius 1 is 0.919 bits per heavy atom. The van der Waals surface area contributed by atoms with Crippen LogP contribution in [0.5, 0.6) is 0 Å². The van der Waals surface area contributed by atoms with Gasteiger partial charge in [-0.3, -0.25) is 29.4 Å². The molecule has 188 valence electrons. The second-order valence-corrected chi connectivity index (χ2v) is 9.25. The van der Waals surface area contributed by atoms with E-state index in [4.69, 9.17) is 0 Å². The molecule has 2 atom stereocenters. The molecule has 0 bridgehead atoms. The first-order chi connectivity index (χ1) is 17.6. The highest BCUT2D eigenvalue weighted by molar-refractivity contribution is 6.16. The predicted octanol–water partition coefficient (Wildman–Crippen LogP) is 5.46. The van der Waals surface area contributed by atoms with E-state index in [1.807, 2.05) is 38.1 Å². The van der Waals surface area contributed by atoms with Crippen LogP contribution in [0.15, 0.2) is 84.1 Å². The van der Waals surface area contributed by atoms with E-state index in [-0.39, 0.29) is 11.3 Å². The molecule has 1 aliphatic rings. The number of hydrogen-bond donors (Lipinski definition) is 1. The number of nitrogens with zero attached hydrogens (tertiary/aromatic N) is 2. The number of anilines is 2. The molecule has 3 aromatic rings. The summed E-state index contributed by atoms with van der Waals surface area (Å²) in [5.41, 5.74) is 3.79. The van der Waals surface area contributed by atoms with Crippen molar-refractivity contribution in [3.05, 3.63) is 111 Å². The van der Waals surface area contributed by atoms with Crippen molar-refractivity contribution in [2.24, 2.45) is 5.92 Å². The molecule has 1 heterocycles. The fourth-order valence-electron chi connectivity index (χ4n) is 4.71. The average Bonchev–Trinajstić information content (AvgIpc) is 2.86. The van der Waals surface area contributed by atoms with Crippen molar-refractivity contribution in [3.8, 4) is 0 Å². The van der Waals surface area contributed by atoms with Gasteiger partial charge in [0.15, 0.2) is 0 Å². The molecular weight excluding hydrogens is 470 g/mol. The Morgan fingerprint density at radius 2 is 1.51 bits per heavy atom. The lowest BCUT2D eigenvalue weighted by atomic mass is 9.74. The van der Waals surface area contributed by atoms with Crippen molar-refractivity contribution in [1.29, 1.82) is 0 Å². The lowest BCUT2D eigenvalue weighted by Crippen LogP contribution is -2.48. The molecule has 0 unspecified atom stereocenters. The minimum Gasteiger partial charge on any atom is -0.322 e. The molecule has 2 amide bonds. The fourth-order valence-corrected chi connectivity index (χ4v) is 4.71. The molecule has 0 spiro atoms. The van der Waals surface area contributed by atoms with Gasteiger partial charge in [0.05, 0.1) is 4.92 Å². The summed E-state index contributed by atoms with van der Waals surface area (Å²) in [5, 5.41) is 14.4. The van der Waals surface area contributed by atoms with Gasteiger partial charge < -0.3 is 5.32 Å². The van der Waals surface area contributed by atoms with Gasteiger partial charge in [0.2, 0.25) is 5.91 Å². The second-order valence-electron chi connectivity index (χ2n) is 9.25. The largest absolute Gasteiger partial charge is 0.322 e. The van der Waals surface area contributed by atoms with Gasteiger partial charge in [0.25, 0.3) is 11.6 Å². The highest BCUT2D eigenvalue weighted by Crippen LogP contribution is 2.43. The van der Waals surface area contributed by atoms with Crippen LogP contribution in [-0.4, -0.2) is 22.5 Å². The number of Topliss-reactive ketones (excluding diaryl/α,β-unsaturated/α-hetero) is 1. The first-order valence-electron chi connectivity index (χ1n) is 11.8. The summed E-state index contributed by atoms with van der Waals surface area (Å²) >= 11 is 0. The summed E-state index contributed by atoms with van der Waals surface area (Å²) in [5.74, 6) is -3.67. The summed E-state index contributed by atoms with van der Waals surface area (Å²) in [4.78, 5) is 53.0. The third-order valence-electron chi connectivity index (χ3n) is 6.58. The van der Waals surface area contributed by atoms with Gasteiger partial charge in [-0.25, -0.2) is 0 Å². The minimum atomic E-state index is -1.24. The van der Waals surface area contributed by atoms with Crippen LogP contribution in [0.3, 0.4) is 0 Å². The number of allylic oxidation sites excluding steroid dienone is 1. The maximum absolute atomic E-state index is 13.8. The van der Waals surface area contributed by atoms with E-state index in [1.165, 1.54) is 30.0 Å². The number of nitrogens with one attached hydrogen (secondary N) is 1. The summed E-state index contributed by atoms with van der Waals surface area (Å²) in [6.45, 7) is 6.81. The molecule has 0 fully saturated rings. The highest BCUT2D eigenvalue weighted by Gasteiger charge is 2.47. The van der Waals surface area contributed by atoms with E-state index in [0.29, 0.717) is 22.6 Å². The molecule has 0 radical (unpaired) electrons. The van der Waals surface area contributed by atoms with Crippen LogP contribution in [0.25, 0.3) is 0 Å². The van der Waals surface area contributed by atoms with Crippen molar-refractivity contribution in [2.75, 3.05) is 10.2 Å². The second kappa shape index (κ2) is 10.2. The molecule has 8 nitrogen and oxygen atoms in total. The van der Waals surface area contributed by atoms with E-state index in [0.717, 1.165) is 11.1 Å². The standard InChI is InChI=1S/C29H27N3O5/c1-17-8-12-22(13-9-17)30-28(34)25-19(3)31(23-14-10-18(2)11-15-23)29(35)26(20(4)33)27(25)21-6-5-7-24(16-21)32(36)37/h5-16,26-27H,1-4H3,(H,30,34)/t26-,27+/m0/s1. The molecule has 8 heteroatoms. The normalized spacial score (nSPS) is 17.5. The molecule has 0 aliphatic carbocycles. The number of non-ortho nitro benzene ring substituents is 1. The zero-order valence-electron chi connectivity index (χ0n) is 21.0. The van der Waals surface area contributed by atoms with Gasteiger partial charge in [-0.2, -0.15) is 0 Å². The first-order valence-corrected chi connectivity index (χ1v) is 11.8. The number of rotatable bonds is 6. The number of nitro benzene ring substituents is 1. The quantitative estimate of drug-likeness (QED) is 0.276. The van der Waals surface area contributed by atoms with Crippen LogP contribution in [-0.2, 0) is 14.4 Å². The van der Waals surface area contributed by atoms with Crippen molar-refractivity contribution in [1.82, 2.24) is 0 Å². The smallest absolute Gasteiger partial charge is 0.269 e. The molecule has 0 saturated carbocycles. The highest BCUT2D eigenvalue weighted by atomic mass is 16.6. The van der Waals surface area contributed by atoms with Crippen LogP contribution in [0.4, 0.5) is 17.1 Å². The average molecular weight is 498 g/mol. The molecule has 37 heavy (non-hydrogen) atoms. The van der Waals surface area contributed by atoms with Crippen molar-refractivity contribution in [3.63, 3.8) is 0 Å². The molecule has 4 rings (SSSR count). The van der Waals surface area contributed by atoms with Crippen LogP contribution in [0.2, 0.25) is 0 Å². The summed E-state index contributed by atoms with van der Waals surface area (Å²) in [7, 11) is 0. The Bertz CT molecular complexity index is 1420. The Hall–Kier alpha value is -4.59. The maximum Gasteiger partial charge on any atom is 0.269 e. The summed E-state index contributed by atoms with van der Waals surface area (Å²) in [6.07, 6.45) is 0. The van der Waals surface area contributed by atoms with Gasteiger partial charge >= 0.3 is 0 Å². The summed E-state index contributed by atoms with van der Waals surface area (Å²) < 4.78 is 0. The SMILES string of the molecule is CC(=O)[C@@H]1C(=O)N(c2ccc(C)cc2)C(C)=C(C(=O)Nc2ccc(C)cc2)[C@H]1c1cccc([N+](=O)[O-])c1. The fraction of sp³-hybridized carbons (Fsp3) is 0.207. The van der Waals surface area contributed by atoms with Crippen molar-refractivity contribution < 1.29 is 19.3 Å². The number of aryl methyl sites for hydroxylation is 2. The van der Waals surface area contributed by atoms with E-state index < -0.39 is 34.4 Å². The molecule has 1 N–H and O–H groups in total. The molecular formula is C29H27N3O5. The zero-order valence-corrected chi connectivity index (χ0v) is 21.0. The number of nitro groups is 1. The van der Waals surface area contributed by atoms with Gasteiger partial charge in [-0.1, -0.05) is 47.5 Å². The third kappa shape index (κ3) is 5.04. The monoisotopic (exact) mass is 497 g/mol. The van der Waals surface area contributed by atoms with E-state index in [9.17, 15) is 24.5 Å². The number of ketones is 1. The maximum atomic E-state index is 13.8. The number of carbonyl (C=O) groups excluding carboxylic acids is 3. The van der Waals surface area contributed by atoms with Gasteiger partial charge in [0, 0.05) is 40.7 Å². The van der Waals surface area contributed by atoms with Gasteiger partial charge in [-0.05, 0) is 57.5 Å². The third-order valence-corrected chi connectivity index (χ3v) is 6.58. The van der Waals surface area contributed by atoms with E-state index in [1.54, 1.807) is 37.3 Å². The first kappa shape index (κ1) is 25.5. The Kier molecular flexibility index (Phi) is 7.02. The van der Waals surface area contributed by atoms with Crippen LogP contribution < -0.4 is 10.2 Å². The number of hydrogen-bond acceptors (Lipinski definition) is 5. The topological polar surface area (TPSA) is 110 Å². The van der Waals surface area contributed by atoms with Crippen LogP contribution >= 0.6 is 0 Å². The molecule has 1 aliphatic heterocycles. The Balaban J connectivity index is 1.94. The molecule has 3 aromatic carbocycles. The lowest BCUT2D eigenvalue weighted by molar-refractivity contribution is -0.384. The van der Waals surface area contributed by atoms with Gasteiger partial charge in [0.1, 0.15) is 11.7 Å². The van der Waals surface area contributed by atoms with Crippen molar-refractivity contribution >= 4 is 34.7 Å².